The normalized spacial score (nSPS) is 11.8. The Morgan fingerprint density at radius 2 is 1.57 bits per heavy atom. The van der Waals surface area contributed by atoms with Gasteiger partial charge in [-0.05, 0) is 78.7 Å². The minimum Gasteiger partial charge on any atom is -0.478 e. The molecule has 0 aliphatic heterocycles. The van der Waals surface area contributed by atoms with Crippen molar-refractivity contribution in [3.63, 3.8) is 0 Å². The standard InChI is InChI=1S/C33H27Cl2N3O5S/c1-2-29(32(41)37-27-18-22(33(42)43)13-16-26(27)35)44-25-10-6-9-24(19-25)36-31(40)28(17-20-11-14-23(34)15-12-20)38-30(39)21-7-4-3-5-8-21/h3-19,29H,2H2,1H3,(H,36,40)(H,37,41)(H,38,39)(H,42,43)/b28-17-. The summed E-state index contributed by atoms with van der Waals surface area (Å²) in [5, 5.41) is 17.7. The number of anilines is 2. The lowest BCUT2D eigenvalue weighted by molar-refractivity contribution is -0.116. The third-order valence-electron chi connectivity index (χ3n) is 6.21. The molecule has 0 aliphatic carbocycles. The van der Waals surface area contributed by atoms with E-state index >= 15 is 0 Å². The zero-order chi connectivity index (χ0) is 31.6. The second-order valence-corrected chi connectivity index (χ2v) is 11.5. The second-order valence-electron chi connectivity index (χ2n) is 9.42. The number of hydrogen-bond acceptors (Lipinski definition) is 5. The van der Waals surface area contributed by atoms with Gasteiger partial charge < -0.3 is 21.1 Å². The SMILES string of the molecule is CCC(Sc1cccc(NC(=O)/C(=C/c2ccc(Cl)cc2)NC(=O)c2ccccc2)c1)C(=O)Nc1cc(C(=O)O)ccc1Cl. The number of carbonyl (C=O) groups is 4. The first kappa shape index (κ1) is 32.3. The van der Waals surface area contributed by atoms with Crippen LogP contribution in [0.2, 0.25) is 10.0 Å². The average molecular weight is 649 g/mol. The van der Waals surface area contributed by atoms with Crippen LogP contribution in [0.1, 0.15) is 39.6 Å². The van der Waals surface area contributed by atoms with Gasteiger partial charge in [-0.3, -0.25) is 14.4 Å². The summed E-state index contributed by atoms with van der Waals surface area (Å²) in [5.74, 6) is -2.49. The molecule has 44 heavy (non-hydrogen) atoms. The summed E-state index contributed by atoms with van der Waals surface area (Å²) in [6.07, 6.45) is 2.01. The fourth-order valence-electron chi connectivity index (χ4n) is 3.97. The Bertz CT molecular complexity index is 1710. The monoisotopic (exact) mass is 647 g/mol. The van der Waals surface area contributed by atoms with Crippen LogP contribution in [0.25, 0.3) is 6.08 Å². The molecule has 0 aromatic heterocycles. The molecular formula is C33H27Cl2N3O5S. The quantitative estimate of drug-likeness (QED) is 0.0981. The molecule has 0 spiro atoms. The molecule has 0 saturated heterocycles. The largest absolute Gasteiger partial charge is 0.478 e. The molecule has 224 valence electrons. The maximum absolute atomic E-state index is 13.4. The van der Waals surface area contributed by atoms with Crippen LogP contribution in [-0.2, 0) is 9.59 Å². The van der Waals surface area contributed by atoms with Crippen molar-refractivity contribution in [2.24, 2.45) is 0 Å². The van der Waals surface area contributed by atoms with Crippen LogP contribution in [0.15, 0.2) is 108 Å². The van der Waals surface area contributed by atoms with Gasteiger partial charge in [-0.2, -0.15) is 0 Å². The first-order valence-corrected chi connectivity index (χ1v) is 15.0. The molecule has 0 fully saturated rings. The fraction of sp³-hybridized carbons (Fsp3) is 0.0909. The Labute approximate surface area is 268 Å². The Morgan fingerprint density at radius 3 is 2.25 bits per heavy atom. The van der Waals surface area contributed by atoms with Crippen molar-refractivity contribution in [1.82, 2.24) is 5.32 Å². The van der Waals surface area contributed by atoms with E-state index in [4.69, 9.17) is 23.2 Å². The van der Waals surface area contributed by atoms with Crippen LogP contribution >= 0.6 is 35.0 Å². The highest BCUT2D eigenvalue weighted by molar-refractivity contribution is 8.00. The number of rotatable bonds is 11. The molecule has 0 radical (unpaired) electrons. The van der Waals surface area contributed by atoms with E-state index in [0.29, 0.717) is 33.2 Å². The number of thioether (sulfide) groups is 1. The number of carboxylic acid groups (broad SMARTS) is 1. The third-order valence-corrected chi connectivity index (χ3v) is 8.15. The maximum Gasteiger partial charge on any atom is 0.335 e. The summed E-state index contributed by atoms with van der Waals surface area (Å²) >= 11 is 13.5. The van der Waals surface area contributed by atoms with Crippen LogP contribution in [0.4, 0.5) is 11.4 Å². The Hall–Kier alpha value is -4.57. The lowest BCUT2D eigenvalue weighted by Crippen LogP contribution is -2.30. The minimum absolute atomic E-state index is 0.00159. The zero-order valence-corrected chi connectivity index (χ0v) is 25.7. The van der Waals surface area contributed by atoms with Gasteiger partial charge in [0.2, 0.25) is 5.91 Å². The highest BCUT2D eigenvalue weighted by Crippen LogP contribution is 2.30. The number of amides is 3. The van der Waals surface area contributed by atoms with Gasteiger partial charge in [-0.25, -0.2) is 4.79 Å². The zero-order valence-electron chi connectivity index (χ0n) is 23.3. The molecule has 4 N–H and O–H groups in total. The van der Waals surface area contributed by atoms with E-state index in [-0.39, 0.29) is 27.9 Å². The number of hydrogen-bond donors (Lipinski definition) is 4. The van der Waals surface area contributed by atoms with Crippen molar-refractivity contribution < 1.29 is 24.3 Å². The summed E-state index contributed by atoms with van der Waals surface area (Å²) in [6.45, 7) is 1.85. The van der Waals surface area contributed by atoms with E-state index in [2.05, 4.69) is 16.0 Å². The molecule has 11 heteroatoms. The number of aromatic carboxylic acids is 1. The number of carbonyl (C=O) groups excluding carboxylic acids is 3. The molecule has 4 rings (SSSR count). The molecule has 3 amide bonds. The van der Waals surface area contributed by atoms with Gasteiger partial charge >= 0.3 is 5.97 Å². The molecule has 4 aromatic rings. The lowest BCUT2D eigenvalue weighted by atomic mass is 10.1. The number of carboxylic acids is 1. The first-order chi connectivity index (χ1) is 21.1. The van der Waals surface area contributed by atoms with E-state index in [1.807, 2.05) is 6.92 Å². The Kier molecular flexibility index (Phi) is 11.2. The molecule has 0 aliphatic rings. The molecule has 0 heterocycles. The van der Waals surface area contributed by atoms with Crippen molar-refractivity contribution in [2.75, 3.05) is 10.6 Å². The molecule has 4 aromatic carbocycles. The Balaban J connectivity index is 1.50. The van der Waals surface area contributed by atoms with E-state index in [1.54, 1.807) is 84.9 Å². The van der Waals surface area contributed by atoms with E-state index in [1.165, 1.54) is 30.0 Å². The smallest absolute Gasteiger partial charge is 0.335 e. The van der Waals surface area contributed by atoms with Crippen LogP contribution in [0, 0.1) is 0 Å². The minimum atomic E-state index is -1.14. The maximum atomic E-state index is 13.4. The lowest BCUT2D eigenvalue weighted by Gasteiger charge is -2.17. The van der Waals surface area contributed by atoms with Crippen molar-refractivity contribution in [2.45, 2.75) is 23.5 Å². The van der Waals surface area contributed by atoms with Crippen LogP contribution in [0.3, 0.4) is 0 Å². The number of nitrogens with one attached hydrogen (secondary N) is 3. The topological polar surface area (TPSA) is 125 Å². The van der Waals surface area contributed by atoms with Crippen LogP contribution in [0.5, 0.6) is 0 Å². The van der Waals surface area contributed by atoms with Crippen molar-refractivity contribution in [3.8, 4) is 0 Å². The van der Waals surface area contributed by atoms with Crippen LogP contribution in [-0.4, -0.2) is 34.0 Å². The molecule has 1 unspecified atom stereocenters. The van der Waals surface area contributed by atoms with Gasteiger partial charge in [0, 0.05) is 21.2 Å². The highest BCUT2D eigenvalue weighted by atomic mass is 35.5. The van der Waals surface area contributed by atoms with Gasteiger partial charge in [0.1, 0.15) is 5.70 Å². The Morgan fingerprint density at radius 1 is 0.841 bits per heavy atom. The van der Waals surface area contributed by atoms with E-state index in [9.17, 15) is 24.3 Å². The van der Waals surface area contributed by atoms with Crippen LogP contribution < -0.4 is 16.0 Å². The summed E-state index contributed by atoms with van der Waals surface area (Å²) in [4.78, 5) is 51.4. The fourth-order valence-corrected chi connectivity index (χ4v) is 5.27. The molecule has 1 atom stereocenters. The predicted octanol–water partition coefficient (Wildman–Crippen LogP) is 7.61. The first-order valence-electron chi connectivity index (χ1n) is 13.4. The molecule has 8 nitrogen and oxygen atoms in total. The van der Waals surface area contributed by atoms with Crippen molar-refractivity contribution in [3.05, 3.63) is 129 Å². The summed E-state index contributed by atoms with van der Waals surface area (Å²) in [7, 11) is 0. The summed E-state index contributed by atoms with van der Waals surface area (Å²) < 4.78 is 0. The average Bonchev–Trinajstić information content (AvgIpc) is 3.02. The van der Waals surface area contributed by atoms with Gasteiger partial charge in [0.15, 0.2) is 0 Å². The van der Waals surface area contributed by atoms with Gasteiger partial charge in [-0.15, -0.1) is 11.8 Å². The number of halogens is 2. The second kappa shape index (κ2) is 15.2. The summed E-state index contributed by atoms with van der Waals surface area (Å²) in [6, 6.07) is 26.4. The van der Waals surface area contributed by atoms with Crippen molar-refractivity contribution in [1.29, 1.82) is 0 Å². The molecule has 0 saturated carbocycles. The van der Waals surface area contributed by atoms with E-state index in [0.717, 1.165) is 0 Å². The van der Waals surface area contributed by atoms with Gasteiger partial charge in [0.05, 0.1) is 21.5 Å². The van der Waals surface area contributed by atoms with Gasteiger partial charge in [0.25, 0.3) is 11.8 Å². The highest BCUT2D eigenvalue weighted by Gasteiger charge is 2.21. The van der Waals surface area contributed by atoms with E-state index < -0.39 is 23.0 Å². The molecular weight excluding hydrogens is 621 g/mol. The van der Waals surface area contributed by atoms with Crippen molar-refractivity contribution >= 4 is 76.1 Å². The third kappa shape index (κ3) is 8.97. The molecule has 0 bridgehead atoms. The number of benzene rings is 4. The summed E-state index contributed by atoms with van der Waals surface area (Å²) in [5.41, 5.74) is 1.71. The predicted molar refractivity (Wildman–Crippen MR) is 175 cm³/mol. The van der Waals surface area contributed by atoms with Gasteiger partial charge in [-0.1, -0.05) is 66.5 Å².